The molecule has 4 rings (SSSR count). The van der Waals surface area contributed by atoms with E-state index in [2.05, 4.69) is 35.1 Å². The highest BCUT2D eigenvalue weighted by molar-refractivity contribution is 5.84. The van der Waals surface area contributed by atoms with Crippen LogP contribution in [0.3, 0.4) is 0 Å². The Morgan fingerprint density at radius 1 is 1.20 bits per heavy atom. The van der Waals surface area contributed by atoms with Gasteiger partial charge in [0, 0.05) is 18.3 Å². The van der Waals surface area contributed by atoms with Crippen molar-refractivity contribution in [1.82, 2.24) is 39.5 Å². The van der Waals surface area contributed by atoms with Crippen molar-refractivity contribution >= 4 is 16.8 Å². The average molecular weight is 269 g/mol. The first-order valence-corrected chi connectivity index (χ1v) is 6.08. The zero-order valence-electron chi connectivity index (χ0n) is 10.4. The fraction of sp³-hybridized carbons (Fsp3) is 0.182. The van der Waals surface area contributed by atoms with E-state index in [-0.39, 0.29) is 6.04 Å². The molecule has 0 spiro atoms. The summed E-state index contributed by atoms with van der Waals surface area (Å²) in [7, 11) is 0. The predicted molar refractivity (Wildman–Crippen MR) is 69.7 cm³/mol. The fourth-order valence-electron chi connectivity index (χ4n) is 2.23. The van der Waals surface area contributed by atoms with Crippen LogP contribution in [0.5, 0.6) is 0 Å². The van der Waals surface area contributed by atoms with Crippen molar-refractivity contribution < 1.29 is 0 Å². The molecule has 0 aliphatic carbocycles. The number of hydrogen-bond donors (Lipinski definition) is 3. The molecule has 1 unspecified atom stereocenters. The Hall–Kier alpha value is -2.81. The summed E-state index contributed by atoms with van der Waals surface area (Å²) >= 11 is 0. The Morgan fingerprint density at radius 2 is 2.15 bits per heavy atom. The van der Waals surface area contributed by atoms with E-state index in [1.165, 1.54) is 0 Å². The molecule has 4 aromatic rings. The van der Waals surface area contributed by atoms with Gasteiger partial charge in [-0.1, -0.05) is 0 Å². The molecule has 0 saturated heterocycles. The van der Waals surface area contributed by atoms with Gasteiger partial charge in [-0.15, -0.1) is 10.2 Å². The molecule has 0 aliphatic heterocycles. The lowest BCUT2D eigenvalue weighted by Crippen LogP contribution is -2.17. The van der Waals surface area contributed by atoms with E-state index in [1.54, 1.807) is 29.6 Å². The maximum Gasteiger partial charge on any atom is 0.189 e. The highest BCUT2D eigenvalue weighted by Gasteiger charge is 2.17. The lowest BCUT2D eigenvalue weighted by molar-refractivity contribution is 0.648. The van der Waals surface area contributed by atoms with Gasteiger partial charge in [-0.2, -0.15) is 0 Å². The molecule has 4 heterocycles. The summed E-state index contributed by atoms with van der Waals surface area (Å²) in [6, 6.07) is -0.298. The third-order valence-corrected chi connectivity index (χ3v) is 3.19. The third-order valence-electron chi connectivity index (χ3n) is 3.19. The van der Waals surface area contributed by atoms with Gasteiger partial charge < -0.3 is 15.7 Å². The number of fused-ring (bicyclic) bond motifs is 3. The van der Waals surface area contributed by atoms with Crippen molar-refractivity contribution in [2.75, 3.05) is 0 Å². The number of aromatic nitrogens is 8. The van der Waals surface area contributed by atoms with Gasteiger partial charge in [-0.05, 0) is 0 Å². The molecular formula is C11H11N9. The van der Waals surface area contributed by atoms with Crippen LogP contribution in [0, 0.1) is 0 Å². The lowest BCUT2D eigenvalue weighted by atomic mass is 10.1. The van der Waals surface area contributed by atoms with Crippen LogP contribution in [-0.4, -0.2) is 39.5 Å². The molecule has 20 heavy (non-hydrogen) atoms. The minimum absolute atomic E-state index is 0.298. The summed E-state index contributed by atoms with van der Waals surface area (Å²) in [6.07, 6.45) is 7.19. The van der Waals surface area contributed by atoms with Gasteiger partial charge in [-0.25, -0.2) is 15.0 Å². The minimum atomic E-state index is -0.298. The molecule has 0 saturated carbocycles. The first-order chi connectivity index (χ1) is 9.83. The van der Waals surface area contributed by atoms with E-state index in [0.29, 0.717) is 23.5 Å². The second kappa shape index (κ2) is 4.10. The Labute approximate surface area is 112 Å². The smallest absolute Gasteiger partial charge is 0.189 e. The van der Waals surface area contributed by atoms with Gasteiger partial charge in [0.2, 0.25) is 0 Å². The van der Waals surface area contributed by atoms with Crippen LogP contribution in [-0.2, 0) is 6.42 Å². The number of nitrogens with two attached hydrogens (primary N) is 1. The standard InChI is InChI=1S/C11H11N9/c12-7(1-6-2-13-3-14-6)10-18-19-11-8-9(16-4-15-8)17-5-20(10)11/h2-5,7H,1,12H2,(H,13,14)(H,15,16). The SMILES string of the molecule is NC(Cc1cnc[nH]1)c1nnc2c3[nH]cnc3ncn12. The first-order valence-electron chi connectivity index (χ1n) is 6.08. The van der Waals surface area contributed by atoms with E-state index >= 15 is 0 Å². The molecule has 0 amide bonds. The van der Waals surface area contributed by atoms with Gasteiger partial charge >= 0.3 is 0 Å². The number of hydrogen-bond acceptors (Lipinski definition) is 6. The minimum Gasteiger partial charge on any atom is -0.348 e. The molecule has 100 valence electrons. The van der Waals surface area contributed by atoms with Crippen LogP contribution in [0.1, 0.15) is 17.6 Å². The lowest BCUT2D eigenvalue weighted by Gasteiger charge is -2.07. The first kappa shape index (κ1) is 11.1. The summed E-state index contributed by atoms with van der Waals surface area (Å²) in [6.45, 7) is 0. The van der Waals surface area contributed by atoms with Crippen LogP contribution in [0.4, 0.5) is 0 Å². The Kier molecular flexibility index (Phi) is 2.27. The van der Waals surface area contributed by atoms with E-state index in [0.717, 1.165) is 11.2 Å². The summed E-state index contributed by atoms with van der Waals surface area (Å²) < 4.78 is 1.78. The maximum absolute atomic E-state index is 6.19. The zero-order chi connectivity index (χ0) is 13.5. The van der Waals surface area contributed by atoms with Crippen molar-refractivity contribution in [1.29, 1.82) is 0 Å². The summed E-state index contributed by atoms with van der Waals surface area (Å²) in [5, 5.41) is 8.34. The molecule has 0 radical (unpaired) electrons. The maximum atomic E-state index is 6.19. The highest BCUT2D eigenvalue weighted by Crippen LogP contribution is 2.17. The number of rotatable bonds is 3. The van der Waals surface area contributed by atoms with Gasteiger partial charge in [0.1, 0.15) is 11.8 Å². The van der Waals surface area contributed by atoms with Crippen molar-refractivity contribution in [3.8, 4) is 0 Å². The Morgan fingerprint density at radius 3 is 3.00 bits per heavy atom. The van der Waals surface area contributed by atoms with E-state index < -0.39 is 0 Å². The van der Waals surface area contributed by atoms with Crippen LogP contribution >= 0.6 is 0 Å². The molecular weight excluding hydrogens is 258 g/mol. The Balaban J connectivity index is 1.79. The highest BCUT2D eigenvalue weighted by atomic mass is 15.3. The van der Waals surface area contributed by atoms with Crippen molar-refractivity contribution in [2.45, 2.75) is 12.5 Å². The van der Waals surface area contributed by atoms with Crippen molar-refractivity contribution in [2.24, 2.45) is 5.73 Å². The number of nitrogens with one attached hydrogen (secondary N) is 2. The third kappa shape index (κ3) is 1.57. The number of nitrogens with zero attached hydrogens (tertiary/aromatic N) is 6. The molecule has 0 aliphatic rings. The second-order valence-corrected chi connectivity index (χ2v) is 4.48. The number of aromatic amines is 2. The molecule has 9 heteroatoms. The van der Waals surface area contributed by atoms with E-state index in [4.69, 9.17) is 5.73 Å². The quantitative estimate of drug-likeness (QED) is 0.479. The van der Waals surface area contributed by atoms with Gasteiger partial charge in [0.15, 0.2) is 17.1 Å². The van der Waals surface area contributed by atoms with E-state index in [9.17, 15) is 0 Å². The van der Waals surface area contributed by atoms with Crippen LogP contribution in [0.25, 0.3) is 16.8 Å². The topological polar surface area (TPSA) is 126 Å². The summed E-state index contributed by atoms with van der Waals surface area (Å²) in [5.41, 5.74) is 9.17. The fourth-order valence-corrected chi connectivity index (χ4v) is 2.23. The summed E-state index contributed by atoms with van der Waals surface area (Å²) in [5.74, 6) is 0.651. The number of imidazole rings is 2. The average Bonchev–Trinajstić information content (AvgIpc) is 3.17. The van der Waals surface area contributed by atoms with Crippen LogP contribution < -0.4 is 5.73 Å². The predicted octanol–water partition coefficient (Wildman–Crippen LogP) is -0.0338. The van der Waals surface area contributed by atoms with Gasteiger partial charge in [-0.3, -0.25) is 4.40 Å². The molecule has 9 nitrogen and oxygen atoms in total. The normalized spacial score (nSPS) is 13.2. The van der Waals surface area contributed by atoms with Crippen LogP contribution in [0.15, 0.2) is 25.2 Å². The Bertz CT molecular complexity index is 857. The van der Waals surface area contributed by atoms with Crippen LogP contribution in [0.2, 0.25) is 0 Å². The van der Waals surface area contributed by atoms with Crippen molar-refractivity contribution in [3.05, 3.63) is 36.7 Å². The number of H-pyrrole nitrogens is 2. The molecule has 0 aromatic carbocycles. The monoisotopic (exact) mass is 269 g/mol. The van der Waals surface area contributed by atoms with Gasteiger partial charge in [0.25, 0.3) is 0 Å². The summed E-state index contributed by atoms with van der Waals surface area (Å²) in [4.78, 5) is 18.3. The largest absolute Gasteiger partial charge is 0.348 e. The van der Waals surface area contributed by atoms with E-state index in [1.807, 2.05) is 0 Å². The molecule has 1 atom stereocenters. The molecule has 0 bridgehead atoms. The molecule has 0 fully saturated rings. The van der Waals surface area contributed by atoms with Gasteiger partial charge in [0.05, 0.1) is 18.7 Å². The molecule has 4 N–H and O–H groups in total. The zero-order valence-corrected chi connectivity index (χ0v) is 10.4. The molecule has 4 aromatic heterocycles. The second-order valence-electron chi connectivity index (χ2n) is 4.48. The van der Waals surface area contributed by atoms with Crippen molar-refractivity contribution in [3.63, 3.8) is 0 Å².